The fraction of sp³-hybridized carbons (Fsp3) is 0.231. The molecule has 2 aromatic rings. The highest BCUT2D eigenvalue weighted by Crippen LogP contribution is 2.31. The molecule has 0 saturated carbocycles. The molecule has 0 aliphatic rings. The lowest BCUT2D eigenvalue weighted by Crippen LogP contribution is -2.08. The predicted octanol–water partition coefficient (Wildman–Crippen LogP) is 2.35. The molecule has 7 heteroatoms. The van der Waals surface area contributed by atoms with E-state index < -0.39 is 12.1 Å². The van der Waals surface area contributed by atoms with Gasteiger partial charge in [0, 0.05) is 0 Å². The molecule has 1 aromatic carbocycles. The SMILES string of the molecule is CCOc1ccc(C(O)c2[nH]cnc2C(=O)O)cc1Br. The third kappa shape index (κ3) is 2.83. The lowest BCUT2D eigenvalue weighted by atomic mass is 10.1. The van der Waals surface area contributed by atoms with Crippen molar-refractivity contribution in [1.82, 2.24) is 9.97 Å². The second-order valence-corrected chi connectivity index (χ2v) is 4.85. The second-order valence-electron chi connectivity index (χ2n) is 4.00. The third-order valence-electron chi connectivity index (χ3n) is 2.72. The average molecular weight is 341 g/mol. The maximum Gasteiger partial charge on any atom is 0.356 e. The van der Waals surface area contributed by atoms with Crippen molar-refractivity contribution in [3.63, 3.8) is 0 Å². The molecule has 1 aromatic heterocycles. The van der Waals surface area contributed by atoms with Gasteiger partial charge in [-0.05, 0) is 40.5 Å². The molecule has 106 valence electrons. The molecular weight excluding hydrogens is 328 g/mol. The Morgan fingerprint density at radius 2 is 2.30 bits per heavy atom. The summed E-state index contributed by atoms with van der Waals surface area (Å²) in [5.74, 6) is -0.531. The highest BCUT2D eigenvalue weighted by molar-refractivity contribution is 9.10. The first-order valence-electron chi connectivity index (χ1n) is 5.91. The Bertz CT molecular complexity index is 627. The van der Waals surface area contributed by atoms with E-state index in [-0.39, 0.29) is 11.4 Å². The van der Waals surface area contributed by atoms with Crippen LogP contribution in [0, 0.1) is 0 Å². The molecule has 20 heavy (non-hydrogen) atoms. The van der Waals surface area contributed by atoms with Crippen LogP contribution in [-0.2, 0) is 0 Å². The monoisotopic (exact) mass is 340 g/mol. The number of halogens is 1. The molecular formula is C13H13BrN2O4. The molecule has 0 aliphatic carbocycles. The summed E-state index contributed by atoms with van der Waals surface area (Å²) in [4.78, 5) is 17.3. The topological polar surface area (TPSA) is 95.4 Å². The first-order valence-corrected chi connectivity index (χ1v) is 6.70. The highest BCUT2D eigenvalue weighted by atomic mass is 79.9. The number of hydrogen-bond acceptors (Lipinski definition) is 4. The Morgan fingerprint density at radius 3 is 2.90 bits per heavy atom. The van der Waals surface area contributed by atoms with Crippen LogP contribution in [0.4, 0.5) is 0 Å². The van der Waals surface area contributed by atoms with Crippen molar-refractivity contribution in [2.24, 2.45) is 0 Å². The van der Waals surface area contributed by atoms with Crippen LogP contribution in [0.1, 0.15) is 34.8 Å². The number of imidazole rings is 1. The largest absolute Gasteiger partial charge is 0.493 e. The molecule has 1 unspecified atom stereocenters. The molecule has 6 nitrogen and oxygen atoms in total. The standard InChI is InChI=1S/C13H13BrN2O4/c1-2-20-9-4-3-7(5-8(9)14)12(17)10-11(13(18)19)16-6-15-10/h3-6,12,17H,2H2,1H3,(H,15,16)(H,18,19). The minimum Gasteiger partial charge on any atom is -0.493 e. The lowest BCUT2D eigenvalue weighted by molar-refractivity contribution is 0.0685. The maximum absolute atomic E-state index is 11.0. The third-order valence-corrected chi connectivity index (χ3v) is 3.34. The van der Waals surface area contributed by atoms with Gasteiger partial charge >= 0.3 is 5.97 Å². The number of aliphatic hydroxyl groups excluding tert-OH is 1. The van der Waals surface area contributed by atoms with Crippen molar-refractivity contribution in [2.45, 2.75) is 13.0 Å². The van der Waals surface area contributed by atoms with E-state index in [1.54, 1.807) is 18.2 Å². The van der Waals surface area contributed by atoms with Gasteiger partial charge in [0.1, 0.15) is 11.9 Å². The Kier molecular flexibility index (Phi) is 4.41. The van der Waals surface area contributed by atoms with E-state index in [0.29, 0.717) is 22.4 Å². The zero-order valence-electron chi connectivity index (χ0n) is 10.6. The normalized spacial score (nSPS) is 12.2. The quantitative estimate of drug-likeness (QED) is 0.776. The van der Waals surface area contributed by atoms with Crippen molar-refractivity contribution in [1.29, 1.82) is 0 Å². The zero-order chi connectivity index (χ0) is 14.7. The molecule has 0 fully saturated rings. The van der Waals surface area contributed by atoms with Crippen LogP contribution in [0.3, 0.4) is 0 Å². The van der Waals surface area contributed by atoms with Gasteiger partial charge in [-0.1, -0.05) is 6.07 Å². The fourth-order valence-electron chi connectivity index (χ4n) is 1.81. The van der Waals surface area contributed by atoms with E-state index in [9.17, 15) is 9.90 Å². The van der Waals surface area contributed by atoms with Crippen LogP contribution in [0.15, 0.2) is 29.0 Å². The van der Waals surface area contributed by atoms with Crippen LogP contribution >= 0.6 is 15.9 Å². The second kappa shape index (κ2) is 6.06. The molecule has 2 rings (SSSR count). The number of nitrogens with one attached hydrogen (secondary N) is 1. The van der Waals surface area contributed by atoms with Gasteiger partial charge < -0.3 is 19.9 Å². The Labute approximate surface area is 123 Å². The fourth-order valence-corrected chi connectivity index (χ4v) is 2.32. The van der Waals surface area contributed by atoms with Crippen LogP contribution < -0.4 is 4.74 Å². The molecule has 0 radical (unpaired) electrons. The van der Waals surface area contributed by atoms with E-state index in [1.807, 2.05) is 6.92 Å². The van der Waals surface area contributed by atoms with Gasteiger partial charge in [0.15, 0.2) is 5.69 Å². The number of nitrogens with zero attached hydrogens (tertiary/aromatic N) is 1. The number of aromatic carboxylic acids is 1. The van der Waals surface area contributed by atoms with Crippen molar-refractivity contribution in [3.05, 3.63) is 46.0 Å². The molecule has 0 spiro atoms. The Balaban J connectivity index is 2.33. The summed E-state index contributed by atoms with van der Waals surface area (Å²) in [7, 11) is 0. The molecule has 0 bridgehead atoms. The Morgan fingerprint density at radius 1 is 1.55 bits per heavy atom. The first kappa shape index (κ1) is 14.5. The van der Waals surface area contributed by atoms with Gasteiger partial charge in [-0.25, -0.2) is 9.78 Å². The number of carbonyl (C=O) groups is 1. The van der Waals surface area contributed by atoms with Gasteiger partial charge in [0.05, 0.1) is 23.1 Å². The summed E-state index contributed by atoms with van der Waals surface area (Å²) in [6.07, 6.45) is 0.140. The van der Waals surface area contributed by atoms with Crippen LogP contribution in [0.2, 0.25) is 0 Å². The average Bonchev–Trinajstić information content (AvgIpc) is 2.90. The summed E-state index contributed by atoms with van der Waals surface area (Å²) in [6, 6.07) is 5.07. The number of aromatic amines is 1. The van der Waals surface area contributed by atoms with Crippen molar-refractivity contribution in [2.75, 3.05) is 6.61 Å². The number of rotatable bonds is 5. The van der Waals surface area contributed by atoms with E-state index in [2.05, 4.69) is 25.9 Å². The minimum atomic E-state index is -1.19. The number of ether oxygens (including phenoxy) is 1. The smallest absolute Gasteiger partial charge is 0.356 e. The summed E-state index contributed by atoms with van der Waals surface area (Å²) < 4.78 is 6.07. The number of aromatic nitrogens is 2. The highest BCUT2D eigenvalue weighted by Gasteiger charge is 2.22. The summed E-state index contributed by atoms with van der Waals surface area (Å²) in [6.45, 7) is 2.41. The summed E-state index contributed by atoms with van der Waals surface area (Å²) in [5.41, 5.74) is 0.489. The lowest BCUT2D eigenvalue weighted by Gasteiger charge is -2.12. The molecule has 0 saturated heterocycles. The van der Waals surface area contributed by atoms with Crippen LogP contribution in [-0.4, -0.2) is 32.8 Å². The Hall–Kier alpha value is -1.86. The van der Waals surface area contributed by atoms with E-state index in [0.717, 1.165) is 0 Å². The number of H-pyrrole nitrogens is 1. The maximum atomic E-state index is 11.0. The van der Waals surface area contributed by atoms with Crippen molar-refractivity contribution < 1.29 is 19.7 Å². The van der Waals surface area contributed by atoms with Gasteiger partial charge in [-0.2, -0.15) is 0 Å². The zero-order valence-corrected chi connectivity index (χ0v) is 12.2. The van der Waals surface area contributed by atoms with Crippen LogP contribution in [0.25, 0.3) is 0 Å². The van der Waals surface area contributed by atoms with Crippen molar-refractivity contribution in [3.8, 4) is 5.75 Å². The summed E-state index contributed by atoms with van der Waals surface area (Å²) in [5, 5.41) is 19.3. The molecule has 1 atom stereocenters. The van der Waals surface area contributed by atoms with E-state index >= 15 is 0 Å². The van der Waals surface area contributed by atoms with Gasteiger partial charge in [-0.15, -0.1) is 0 Å². The summed E-state index contributed by atoms with van der Waals surface area (Å²) >= 11 is 3.35. The van der Waals surface area contributed by atoms with Gasteiger partial charge in [0.2, 0.25) is 0 Å². The van der Waals surface area contributed by atoms with Crippen LogP contribution in [0.5, 0.6) is 5.75 Å². The van der Waals surface area contributed by atoms with E-state index in [1.165, 1.54) is 6.33 Å². The van der Waals surface area contributed by atoms with Gasteiger partial charge in [0.25, 0.3) is 0 Å². The van der Waals surface area contributed by atoms with E-state index in [4.69, 9.17) is 9.84 Å². The first-order chi connectivity index (χ1) is 9.54. The van der Waals surface area contributed by atoms with Gasteiger partial charge in [-0.3, -0.25) is 0 Å². The minimum absolute atomic E-state index is 0.147. The molecule has 1 heterocycles. The molecule has 0 amide bonds. The molecule has 0 aliphatic heterocycles. The predicted molar refractivity (Wildman–Crippen MR) is 74.9 cm³/mol. The number of benzene rings is 1. The number of carboxylic acids is 1. The number of carboxylic acid groups (broad SMARTS) is 1. The number of hydrogen-bond donors (Lipinski definition) is 3. The number of aliphatic hydroxyl groups is 1. The van der Waals surface area contributed by atoms with Crippen molar-refractivity contribution >= 4 is 21.9 Å². The molecule has 3 N–H and O–H groups in total.